The number of hydrazone groups is 1. The standard InChI is InChI=1S/C21H23N3O4/c1-14(19(25)12-15-8-4-2-5-9-15)22-20(26)17-13-18(21(27)28)24(23-17)16-10-6-3-7-11-16/h2-11,14,18-19,25H,12-13H2,1H3,(H,22,26)(H,27,28). The summed E-state index contributed by atoms with van der Waals surface area (Å²) in [5.74, 6) is -1.52. The molecule has 0 fully saturated rings. The number of aliphatic hydroxyl groups excluding tert-OH is 1. The Morgan fingerprint density at radius 2 is 1.75 bits per heavy atom. The molecule has 0 saturated carbocycles. The quantitative estimate of drug-likeness (QED) is 0.679. The lowest BCUT2D eigenvalue weighted by atomic mass is 10.0. The van der Waals surface area contributed by atoms with Gasteiger partial charge in [-0.1, -0.05) is 48.5 Å². The predicted molar refractivity (Wildman–Crippen MR) is 106 cm³/mol. The van der Waals surface area contributed by atoms with Crippen LogP contribution in [0.2, 0.25) is 0 Å². The maximum absolute atomic E-state index is 12.6. The fraction of sp³-hybridized carbons (Fsp3) is 0.286. The van der Waals surface area contributed by atoms with E-state index in [1.807, 2.05) is 36.4 Å². The normalized spacial score (nSPS) is 18.3. The third-order valence-corrected chi connectivity index (χ3v) is 4.70. The van der Waals surface area contributed by atoms with Gasteiger partial charge < -0.3 is 15.5 Å². The first kappa shape index (κ1) is 19.6. The van der Waals surface area contributed by atoms with Crippen LogP contribution in [0.5, 0.6) is 0 Å². The number of anilines is 1. The smallest absolute Gasteiger partial charge is 0.328 e. The number of hydrogen-bond acceptors (Lipinski definition) is 5. The first-order chi connectivity index (χ1) is 13.5. The molecule has 1 amide bonds. The summed E-state index contributed by atoms with van der Waals surface area (Å²) in [6.07, 6.45) is -0.367. The number of aliphatic carboxylic acids is 1. The molecule has 0 spiro atoms. The number of carbonyl (C=O) groups excluding carboxylic acids is 1. The summed E-state index contributed by atoms with van der Waals surface area (Å²) in [5.41, 5.74) is 1.71. The molecule has 146 valence electrons. The number of carboxylic acids is 1. The van der Waals surface area contributed by atoms with E-state index in [0.29, 0.717) is 12.1 Å². The van der Waals surface area contributed by atoms with E-state index in [-0.39, 0.29) is 12.1 Å². The van der Waals surface area contributed by atoms with E-state index in [9.17, 15) is 19.8 Å². The van der Waals surface area contributed by atoms with E-state index < -0.39 is 30.1 Å². The zero-order valence-corrected chi connectivity index (χ0v) is 15.5. The molecule has 2 aromatic carbocycles. The number of amides is 1. The van der Waals surface area contributed by atoms with Crippen molar-refractivity contribution in [3.63, 3.8) is 0 Å². The molecule has 3 rings (SSSR count). The molecular formula is C21H23N3O4. The van der Waals surface area contributed by atoms with Gasteiger partial charge in [0.15, 0.2) is 6.04 Å². The van der Waals surface area contributed by atoms with Gasteiger partial charge in [0, 0.05) is 12.8 Å². The van der Waals surface area contributed by atoms with Crippen LogP contribution in [0.15, 0.2) is 65.8 Å². The molecule has 3 unspecified atom stereocenters. The highest BCUT2D eigenvalue weighted by molar-refractivity contribution is 6.40. The van der Waals surface area contributed by atoms with Crippen LogP contribution in [0.3, 0.4) is 0 Å². The number of nitrogens with one attached hydrogen (secondary N) is 1. The SMILES string of the molecule is CC(NC(=O)C1=NN(c2ccccc2)C(C(=O)O)C1)C(O)Cc1ccccc1. The van der Waals surface area contributed by atoms with E-state index in [0.717, 1.165) is 5.56 Å². The third-order valence-electron chi connectivity index (χ3n) is 4.70. The number of aliphatic hydroxyl groups is 1. The van der Waals surface area contributed by atoms with Crippen LogP contribution in [-0.4, -0.2) is 46.0 Å². The Bertz CT molecular complexity index is 854. The van der Waals surface area contributed by atoms with Crippen molar-refractivity contribution in [3.05, 3.63) is 66.2 Å². The van der Waals surface area contributed by atoms with Gasteiger partial charge in [-0.25, -0.2) is 4.79 Å². The second-order valence-electron chi connectivity index (χ2n) is 6.80. The summed E-state index contributed by atoms with van der Waals surface area (Å²) >= 11 is 0. The highest BCUT2D eigenvalue weighted by Gasteiger charge is 2.36. The Hall–Kier alpha value is -3.19. The minimum atomic E-state index is -1.05. The molecule has 0 aromatic heterocycles. The van der Waals surface area contributed by atoms with Crippen molar-refractivity contribution in [1.29, 1.82) is 0 Å². The fourth-order valence-electron chi connectivity index (χ4n) is 3.08. The molecule has 1 heterocycles. The number of carboxylic acid groups (broad SMARTS) is 1. The molecule has 3 N–H and O–H groups in total. The van der Waals surface area contributed by atoms with Crippen molar-refractivity contribution >= 4 is 23.3 Å². The number of nitrogens with zero attached hydrogens (tertiary/aromatic N) is 2. The summed E-state index contributed by atoms with van der Waals surface area (Å²) in [6.45, 7) is 1.71. The molecular weight excluding hydrogens is 358 g/mol. The average molecular weight is 381 g/mol. The summed E-state index contributed by atoms with van der Waals surface area (Å²) < 4.78 is 0. The van der Waals surface area contributed by atoms with E-state index in [1.54, 1.807) is 31.2 Å². The lowest BCUT2D eigenvalue weighted by molar-refractivity contribution is -0.138. The van der Waals surface area contributed by atoms with Gasteiger partial charge in [-0.05, 0) is 24.6 Å². The van der Waals surface area contributed by atoms with Crippen LogP contribution in [0.25, 0.3) is 0 Å². The molecule has 2 aromatic rings. The zero-order chi connectivity index (χ0) is 20.1. The lowest BCUT2D eigenvalue weighted by Gasteiger charge is -2.20. The van der Waals surface area contributed by atoms with Crippen molar-refractivity contribution < 1.29 is 19.8 Å². The molecule has 7 heteroatoms. The molecule has 0 aliphatic carbocycles. The van der Waals surface area contributed by atoms with Gasteiger partial charge in [-0.3, -0.25) is 9.80 Å². The highest BCUT2D eigenvalue weighted by atomic mass is 16.4. The van der Waals surface area contributed by atoms with Gasteiger partial charge >= 0.3 is 5.97 Å². The van der Waals surface area contributed by atoms with Gasteiger partial charge in [0.2, 0.25) is 0 Å². The average Bonchev–Trinajstić information content (AvgIpc) is 3.15. The lowest BCUT2D eigenvalue weighted by Crippen LogP contribution is -2.45. The van der Waals surface area contributed by atoms with Crippen molar-refractivity contribution in [1.82, 2.24) is 5.32 Å². The Balaban J connectivity index is 1.67. The topological polar surface area (TPSA) is 102 Å². The molecule has 0 radical (unpaired) electrons. The van der Waals surface area contributed by atoms with Crippen LogP contribution >= 0.6 is 0 Å². The highest BCUT2D eigenvalue weighted by Crippen LogP contribution is 2.24. The van der Waals surface area contributed by atoms with Crippen molar-refractivity contribution in [2.24, 2.45) is 5.10 Å². The van der Waals surface area contributed by atoms with Crippen LogP contribution in [0.1, 0.15) is 18.9 Å². The monoisotopic (exact) mass is 381 g/mol. The Morgan fingerprint density at radius 1 is 1.14 bits per heavy atom. The van der Waals surface area contributed by atoms with E-state index in [1.165, 1.54) is 5.01 Å². The Labute approximate surface area is 163 Å². The minimum absolute atomic E-state index is 0.00242. The maximum Gasteiger partial charge on any atom is 0.328 e. The van der Waals surface area contributed by atoms with Gasteiger partial charge in [0.25, 0.3) is 5.91 Å². The second-order valence-corrected chi connectivity index (χ2v) is 6.80. The number of benzene rings is 2. The summed E-state index contributed by atoms with van der Waals surface area (Å²) in [6, 6.07) is 16.9. The molecule has 7 nitrogen and oxygen atoms in total. The minimum Gasteiger partial charge on any atom is -0.480 e. The summed E-state index contributed by atoms with van der Waals surface area (Å²) in [5, 5.41) is 28.2. The third kappa shape index (κ3) is 4.55. The first-order valence-corrected chi connectivity index (χ1v) is 9.13. The molecule has 3 atom stereocenters. The second kappa shape index (κ2) is 8.67. The largest absolute Gasteiger partial charge is 0.480 e. The molecule has 1 aliphatic rings. The maximum atomic E-state index is 12.6. The molecule has 28 heavy (non-hydrogen) atoms. The van der Waals surface area contributed by atoms with Crippen LogP contribution in [0.4, 0.5) is 5.69 Å². The number of rotatable bonds is 7. The molecule has 1 aliphatic heterocycles. The number of hydrogen-bond donors (Lipinski definition) is 3. The number of carbonyl (C=O) groups is 2. The van der Waals surface area contributed by atoms with Crippen LogP contribution in [-0.2, 0) is 16.0 Å². The van der Waals surface area contributed by atoms with Crippen molar-refractivity contribution in [2.75, 3.05) is 5.01 Å². The molecule has 0 saturated heterocycles. The van der Waals surface area contributed by atoms with Crippen LogP contribution in [0, 0.1) is 0 Å². The van der Waals surface area contributed by atoms with Crippen molar-refractivity contribution in [3.8, 4) is 0 Å². The van der Waals surface area contributed by atoms with Gasteiger partial charge in [-0.15, -0.1) is 0 Å². The van der Waals surface area contributed by atoms with Gasteiger partial charge in [0.05, 0.1) is 17.8 Å². The first-order valence-electron chi connectivity index (χ1n) is 9.13. The summed E-state index contributed by atoms with van der Waals surface area (Å²) in [4.78, 5) is 24.2. The van der Waals surface area contributed by atoms with E-state index in [4.69, 9.17) is 0 Å². The Kier molecular flexibility index (Phi) is 6.06. The fourth-order valence-corrected chi connectivity index (χ4v) is 3.08. The van der Waals surface area contributed by atoms with Gasteiger partial charge in [0.1, 0.15) is 5.71 Å². The Morgan fingerprint density at radius 3 is 2.36 bits per heavy atom. The van der Waals surface area contributed by atoms with Crippen LogP contribution < -0.4 is 10.3 Å². The number of para-hydroxylation sites is 1. The van der Waals surface area contributed by atoms with E-state index >= 15 is 0 Å². The molecule has 0 bridgehead atoms. The summed E-state index contributed by atoms with van der Waals surface area (Å²) in [7, 11) is 0. The van der Waals surface area contributed by atoms with Crippen molar-refractivity contribution in [2.45, 2.75) is 38.0 Å². The predicted octanol–water partition coefficient (Wildman–Crippen LogP) is 1.81. The van der Waals surface area contributed by atoms with E-state index in [2.05, 4.69) is 10.4 Å². The van der Waals surface area contributed by atoms with Gasteiger partial charge in [-0.2, -0.15) is 5.10 Å². The zero-order valence-electron chi connectivity index (χ0n) is 15.5.